The molecule has 4 rings (SSSR count). The van der Waals surface area contributed by atoms with E-state index in [2.05, 4.69) is 9.97 Å². The van der Waals surface area contributed by atoms with Crippen LogP contribution in [0.3, 0.4) is 0 Å². The Bertz CT molecular complexity index is 1410. The van der Waals surface area contributed by atoms with E-state index in [0.717, 1.165) is 27.4 Å². The van der Waals surface area contributed by atoms with Crippen LogP contribution in [-0.4, -0.2) is 55.6 Å². The Hall–Kier alpha value is -4.11. The van der Waals surface area contributed by atoms with Gasteiger partial charge in [0.1, 0.15) is 11.6 Å². The van der Waals surface area contributed by atoms with Crippen molar-refractivity contribution in [2.24, 2.45) is 5.73 Å². The van der Waals surface area contributed by atoms with E-state index in [1.165, 1.54) is 0 Å². The standard InChI is InChI=1S/C27H30N4O5/c1-27(2,3)36-26(35)31(23(25(33)34)13-17-15-30-22-11-7-5-9-19(17)22)24(32)20(28)12-16-14-29-21-10-6-4-8-18(16)21/h4-11,14-15,20,23,29-30H,12-13,28H2,1-3H3,(H,33,34)/t20-,23-/m0/s1. The summed E-state index contributed by atoms with van der Waals surface area (Å²) in [5, 5.41) is 11.8. The zero-order valence-electron chi connectivity index (χ0n) is 20.4. The molecule has 2 atom stereocenters. The first kappa shape index (κ1) is 25.0. The van der Waals surface area contributed by atoms with Crippen molar-refractivity contribution in [3.8, 4) is 0 Å². The molecule has 0 aliphatic heterocycles. The number of aromatic amines is 2. The Kier molecular flexibility index (Phi) is 6.85. The minimum Gasteiger partial charge on any atom is -0.480 e. The predicted octanol–water partition coefficient (Wildman–Crippen LogP) is 3.98. The number of ether oxygens (including phenoxy) is 1. The second kappa shape index (κ2) is 9.87. The molecule has 188 valence electrons. The number of carbonyl (C=O) groups excluding carboxylic acids is 2. The van der Waals surface area contributed by atoms with Crippen molar-refractivity contribution < 1.29 is 24.2 Å². The molecule has 0 saturated heterocycles. The van der Waals surface area contributed by atoms with Gasteiger partial charge in [0.25, 0.3) is 0 Å². The predicted molar refractivity (Wildman–Crippen MR) is 136 cm³/mol. The number of para-hydroxylation sites is 2. The van der Waals surface area contributed by atoms with Crippen LogP contribution in [0.25, 0.3) is 21.8 Å². The highest BCUT2D eigenvalue weighted by molar-refractivity contribution is 5.99. The van der Waals surface area contributed by atoms with E-state index in [1.54, 1.807) is 33.2 Å². The summed E-state index contributed by atoms with van der Waals surface area (Å²) in [5.74, 6) is -2.15. The lowest BCUT2D eigenvalue weighted by atomic mass is 10.0. The lowest BCUT2D eigenvalue weighted by molar-refractivity contribution is -0.150. The summed E-state index contributed by atoms with van der Waals surface area (Å²) < 4.78 is 5.45. The minimum atomic E-state index is -1.51. The van der Waals surface area contributed by atoms with Gasteiger partial charge in [-0.15, -0.1) is 0 Å². The van der Waals surface area contributed by atoms with Crippen LogP contribution in [0.5, 0.6) is 0 Å². The van der Waals surface area contributed by atoms with E-state index < -0.39 is 35.7 Å². The number of hydrogen-bond acceptors (Lipinski definition) is 5. The zero-order valence-corrected chi connectivity index (χ0v) is 20.4. The summed E-state index contributed by atoms with van der Waals surface area (Å²) in [7, 11) is 0. The number of aromatic nitrogens is 2. The number of carboxylic acids is 1. The second-order valence-corrected chi connectivity index (χ2v) is 9.78. The molecule has 0 radical (unpaired) electrons. The fourth-order valence-electron chi connectivity index (χ4n) is 4.28. The number of nitrogens with zero attached hydrogens (tertiary/aromatic N) is 1. The molecule has 2 aromatic heterocycles. The molecule has 0 aliphatic carbocycles. The van der Waals surface area contributed by atoms with Crippen LogP contribution >= 0.6 is 0 Å². The lowest BCUT2D eigenvalue weighted by Gasteiger charge is -2.31. The fourth-order valence-corrected chi connectivity index (χ4v) is 4.28. The van der Waals surface area contributed by atoms with Gasteiger partial charge >= 0.3 is 12.1 Å². The largest absolute Gasteiger partial charge is 0.480 e. The lowest BCUT2D eigenvalue weighted by Crippen LogP contribution is -2.56. The highest BCUT2D eigenvalue weighted by atomic mass is 16.6. The summed E-state index contributed by atoms with van der Waals surface area (Å²) in [6.07, 6.45) is 2.40. The third-order valence-electron chi connectivity index (χ3n) is 5.94. The summed E-state index contributed by atoms with van der Waals surface area (Å²) in [5.41, 5.74) is 8.51. The number of amides is 2. The number of nitrogens with two attached hydrogens (primary N) is 1. The van der Waals surface area contributed by atoms with Crippen molar-refractivity contribution >= 4 is 39.8 Å². The van der Waals surface area contributed by atoms with Gasteiger partial charge in [0, 0.05) is 40.6 Å². The molecule has 2 amide bonds. The maximum absolute atomic E-state index is 13.6. The molecule has 4 aromatic rings. The van der Waals surface area contributed by atoms with Crippen LogP contribution in [0.15, 0.2) is 60.9 Å². The molecule has 9 nitrogen and oxygen atoms in total. The van der Waals surface area contributed by atoms with Crippen molar-refractivity contribution in [3.63, 3.8) is 0 Å². The van der Waals surface area contributed by atoms with Gasteiger partial charge in [0.05, 0.1) is 6.04 Å². The average Bonchev–Trinajstić information content (AvgIpc) is 3.41. The van der Waals surface area contributed by atoms with E-state index in [4.69, 9.17) is 10.5 Å². The highest BCUT2D eigenvalue weighted by Gasteiger charge is 2.40. The van der Waals surface area contributed by atoms with Gasteiger partial charge in [-0.3, -0.25) is 4.79 Å². The molecule has 0 spiro atoms. The number of benzene rings is 2. The monoisotopic (exact) mass is 490 g/mol. The number of nitrogens with one attached hydrogen (secondary N) is 2. The third kappa shape index (κ3) is 5.26. The molecule has 0 unspecified atom stereocenters. The Morgan fingerprint density at radius 2 is 1.42 bits per heavy atom. The summed E-state index contributed by atoms with van der Waals surface area (Å²) in [6, 6.07) is 12.3. The number of H-pyrrole nitrogens is 2. The topological polar surface area (TPSA) is 142 Å². The highest BCUT2D eigenvalue weighted by Crippen LogP contribution is 2.24. The van der Waals surface area contributed by atoms with Gasteiger partial charge in [0.15, 0.2) is 0 Å². The third-order valence-corrected chi connectivity index (χ3v) is 5.94. The van der Waals surface area contributed by atoms with Crippen molar-refractivity contribution in [2.45, 2.75) is 51.3 Å². The molecule has 2 aromatic carbocycles. The number of carbonyl (C=O) groups is 3. The molecule has 0 bridgehead atoms. The van der Waals surface area contributed by atoms with Crippen molar-refractivity contribution in [1.82, 2.24) is 14.9 Å². The van der Waals surface area contributed by atoms with Crippen LogP contribution in [0.2, 0.25) is 0 Å². The van der Waals surface area contributed by atoms with E-state index >= 15 is 0 Å². The number of hydrogen-bond donors (Lipinski definition) is 4. The van der Waals surface area contributed by atoms with Crippen molar-refractivity contribution in [1.29, 1.82) is 0 Å². The first-order chi connectivity index (χ1) is 17.0. The van der Waals surface area contributed by atoms with E-state index in [1.807, 2.05) is 48.5 Å². The number of fused-ring (bicyclic) bond motifs is 2. The van der Waals surface area contributed by atoms with Gasteiger partial charge < -0.3 is 25.5 Å². The minimum absolute atomic E-state index is 0.107. The summed E-state index contributed by atoms with van der Waals surface area (Å²) in [6.45, 7) is 4.94. The summed E-state index contributed by atoms with van der Waals surface area (Å²) >= 11 is 0. The maximum Gasteiger partial charge on any atom is 0.417 e. The first-order valence-electron chi connectivity index (χ1n) is 11.7. The second-order valence-electron chi connectivity index (χ2n) is 9.78. The Morgan fingerprint density at radius 1 is 0.917 bits per heavy atom. The van der Waals surface area contributed by atoms with E-state index in [9.17, 15) is 19.5 Å². The summed E-state index contributed by atoms with van der Waals surface area (Å²) in [4.78, 5) is 46.1. The average molecular weight is 491 g/mol. The zero-order chi connectivity index (χ0) is 26.0. The van der Waals surface area contributed by atoms with Gasteiger partial charge in [-0.05, 0) is 50.5 Å². The van der Waals surface area contributed by atoms with Crippen LogP contribution in [0.1, 0.15) is 31.9 Å². The molecule has 36 heavy (non-hydrogen) atoms. The smallest absolute Gasteiger partial charge is 0.417 e. The van der Waals surface area contributed by atoms with Gasteiger partial charge in [0.2, 0.25) is 5.91 Å². The normalized spacial score (nSPS) is 13.4. The molecular weight excluding hydrogens is 460 g/mol. The van der Waals surface area contributed by atoms with Gasteiger partial charge in [-0.1, -0.05) is 36.4 Å². The van der Waals surface area contributed by atoms with E-state index in [-0.39, 0.29) is 12.8 Å². The Balaban J connectivity index is 1.67. The SMILES string of the molecule is CC(C)(C)OC(=O)N(C(=O)[C@@H](N)Cc1c[nH]c2ccccc12)[C@@H](Cc1c[nH]c2ccccc12)C(=O)O. The molecule has 2 heterocycles. The Labute approximate surface area is 208 Å². The van der Waals surface area contributed by atoms with Crippen LogP contribution in [0, 0.1) is 0 Å². The van der Waals surface area contributed by atoms with Crippen LogP contribution in [0.4, 0.5) is 4.79 Å². The number of imide groups is 1. The Morgan fingerprint density at radius 3 is 1.92 bits per heavy atom. The van der Waals surface area contributed by atoms with Crippen LogP contribution < -0.4 is 5.73 Å². The molecule has 0 fully saturated rings. The maximum atomic E-state index is 13.6. The van der Waals surface area contributed by atoms with Gasteiger partial charge in [-0.25, -0.2) is 14.5 Å². The fraction of sp³-hybridized carbons (Fsp3) is 0.296. The molecule has 9 heteroatoms. The number of aliphatic carboxylic acids is 1. The van der Waals surface area contributed by atoms with Crippen LogP contribution in [-0.2, 0) is 27.2 Å². The first-order valence-corrected chi connectivity index (χ1v) is 11.7. The van der Waals surface area contributed by atoms with E-state index in [0.29, 0.717) is 10.5 Å². The van der Waals surface area contributed by atoms with Gasteiger partial charge in [-0.2, -0.15) is 0 Å². The quantitative estimate of drug-likeness (QED) is 0.309. The van der Waals surface area contributed by atoms with Crippen molar-refractivity contribution in [2.75, 3.05) is 0 Å². The molecular formula is C27H30N4O5. The molecule has 0 aliphatic rings. The number of carboxylic acid groups (broad SMARTS) is 1. The molecule has 5 N–H and O–H groups in total. The van der Waals surface area contributed by atoms with Crippen molar-refractivity contribution in [3.05, 3.63) is 72.1 Å². The number of rotatable bonds is 7. The molecule has 0 saturated carbocycles.